The Labute approximate surface area is 331 Å². The van der Waals surface area contributed by atoms with Crippen molar-refractivity contribution in [2.45, 2.75) is 25.2 Å². The fourth-order valence-electron chi connectivity index (χ4n) is 5.41. The number of aliphatic carboxylic acids is 1. The SMILES string of the molecule is COC(=O)Nc1ccc(-c2nc([C@H](Cc3cccc(C(=O)N4CCOCC4)c3)NC(=O)NCc3cc(Cl)ccc3-n3cnnn3)[nH]c2Cl)cc1.O=C(O)C(F)(F)F. The van der Waals surface area contributed by atoms with Crippen LogP contribution >= 0.6 is 23.2 Å². The number of aromatic amines is 1. The topological polar surface area (TPSA) is 219 Å². The molecule has 0 radical (unpaired) electrons. The second-order valence-electron chi connectivity index (χ2n) is 12.0. The highest BCUT2D eigenvalue weighted by atomic mass is 35.5. The third-order valence-electron chi connectivity index (χ3n) is 8.13. The molecule has 1 fully saturated rings. The lowest BCUT2D eigenvalue weighted by Gasteiger charge is -2.27. The van der Waals surface area contributed by atoms with E-state index in [-0.39, 0.29) is 24.0 Å². The van der Waals surface area contributed by atoms with Gasteiger partial charge in [-0.3, -0.25) is 10.1 Å². The molecule has 0 saturated carbocycles. The average molecular weight is 834 g/mol. The number of carboxylic acids is 1. The van der Waals surface area contributed by atoms with Crippen LogP contribution in [0, 0.1) is 0 Å². The largest absolute Gasteiger partial charge is 0.490 e. The first-order chi connectivity index (χ1) is 27.2. The summed E-state index contributed by atoms with van der Waals surface area (Å²) in [5.41, 5.74) is 4.29. The van der Waals surface area contributed by atoms with Crippen molar-refractivity contribution in [1.82, 2.24) is 45.7 Å². The van der Waals surface area contributed by atoms with Crippen LogP contribution in [0.15, 0.2) is 73.1 Å². The first-order valence-electron chi connectivity index (χ1n) is 16.7. The molecule has 3 heterocycles. The molecule has 0 spiro atoms. The number of carboxylic acid groups (broad SMARTS) is 1. The Balaban J connectivity index is 0.000000811. The molecule has 1 aliphatic rings. The zero-order chi connectivity index (χ0) is 41.1. The van der Waals surface area contributed by atoms with Crippen molar-refractivity contribution < 1.29 is 46.9 Å². The van der Waals surface area contributed by atoms with E-state index in [1.165, 1.54) is 18.1 Å². The Hall–Kier alpha value is -6.25. The quantitative estimate of drug-likeness (QED) is 0.120. The van der Waals surface area contributed by atoms with E-state index in [1.807, 2.05) is 18.2 Å². The summed E-state index contributed by atoms with van der Waals surface area (Å²) in [5, 5.41) is 27.7. The first kappa shape index (κ1) is 41.9. The highest BCUT2D eigenvalue weighted by molar-refractivity contribution is 6.32. The van der Waals surface area contributed by atoms with Crippen LogP contribution in [0.3, 0.4) is 0 Å². The van der Waals surface area contributed by atoms with E-state index in [4.69, 9.17) is 42.8 Å². The summed E-state index contributed by atoms with van der Waals surface area (Å²) in [7, 11) is 1.28. The van der Waals surface area contributed by atoms with E-state index in [0.29, 0.717) is 70.9 Å². The average Bonchev–Trinajstić information content (AvgIpc) is 3.88. The van der Waals surface area contributed by atoms with E-state index in [1.54, 1.807) is 53.4 Å². The van der Waals surface area contributed by atoms with Crippen LogP contribution < -0.4 is 16.0 Å². The highest BCUT2D eigenvalue weighted by Crippen LogP contribution is 2.30. The van der Waals surface area contributed by atoms with Crippen LogP contribution in [-0.4, -0.2) is 104 Å². The fraction of sp³-hybridized carbons (Fsp3) is 0.257. The van der Waals surface area contributed by atoms with Crippen LogP contribution in [-0.2, 0) is 27.2 Å². The maximum Gasteiger partial charge on any atom is 0.490 e. The number of morpholine rings is 1. The molecule has 1 saturated heterocycles. The Bertz CT molecular complexity index is 2180. The maximum absolute atomic E-state index is 13.5. The number of hydrogen-bond acceptors (Lipinski definition) is 10. The molecule has 5 aromatic rings. The number of amides is 4. The molecule has 22 heteroatoms. The molecule has 6 rings (SSSR count). The van der Waals surface area contributed by atoms with Gasteiger partial charge in [0, 0.05) is 41.5 Å². The Morgan fingerprint density at radius 1 is 1.04 bits per heavy atom. The molecule has 0 aliphatic carbocycles. The number of methoxy groups -OCH3 is 1. The van der Waals surface area contributed by atoms with Crippen molar-refractivity contribution in [2.24, 2.45) is 0 Å². The van der Waals surface area contributed by atoms with Crippen LogP contribution in [0.1, 0.15) is 33.4 Å². The molecule has 57 heavy (non-hydrogen) atoms. The van der Waals surface area contributed by atoms with Gasteiger partial charge in [0.25, 0.3) is 5.91 Å². The Morgan fingerprint density at radius 3 is 2.40 bits per heavy atom. The third-order valence-corrected chi connectivity index (χ3v) is 8.64. The van der Waals surface area contributed by atoms with E-state index in [9.17, 15) is 27.6 Å². The van der Waals surface area contributed by atoms with Gasteiger partial charge in [-0.1, -0.05) is 47.5 Å². The molecular weight excluding hydrogens is 800 g/mol. The lowest BCUT2D eigenvalue weighted by atomic mass is 10.0. The van der Waals surface area contributed by atoms with Gasteiger partial charge in [0.2, 0.25) is 0 Å². The Morgan fingerprint density at radius 2 is 1.75 bits per heavy atom. The van der Waals surface area contributed by atoms with Crippen LogP contribution in [0.4, 0.5) is 28.4 Å². The fourth-order valence-corrected chi connectivity index (χ4v) is 5.86. The molecule has 2 aromatic heterocycles. The number of tetrazole rings is 1. The summed E-state index contributed by atoms with van der Waals surface area (Å²) in [5.74, 6) is -2.46. The third kappa shape index (κ3) is 11.6. The molecule has 1 aliphatic heterocycles. The number of ether oxygens (including phenoxy) is 2. The molecule has 17 nitrogen and oxygen atoms in total. The van der Waals surface area contributed by atoms with Gasteiger partial charge >= 0.3 is 24.3 Å². The minimum absolute atomic E-state index is 0.0919. The van der Waals surface area contributed by atoms with E-state index >= 15 is 0 Å². The lowest BCUT2D eigenvalue weighted by Crippen LogP contribution is -2.40. The zero-order valence-corrected chi connectivity index (χ0v) is 31.2. The summed E-state index contributed by atoms with van der Waals surface area (Å²) in [6.45, 7) is 2.12. The molecule has 4 amide bonds. The van der Waals surface area contributed by atoms with Crippen LogP contribution in [0.5, 0.6) is 0 Å². The molecular formula is C35H33Cl2F3N10O7. The van der Waals surface area contributed by atoms with Gasteiger partial charge in [-0.25, -0.2) is 24.0 Å². The predicted octanol–water partition coefficient (Wildman–Crippen LogP) is 5.43. The van der Waals surface area contributed by atoms with Crippen molar-refractivity contribution in [3.63, 3.8) is 0 Å². The number of carbonyl (C=O) groups excluding carboxylic acids is 3. The lowest BCUT2D eigenvalue weighted by molar-refractivity contribution is -0.192. The number of halogens is 5. The van der Waals surface area contributed by atoms with Gasteiger partial charge in [0.15, 0.2) is 0 Å². The summed E-state index contributed by atoms with van der Waals surface area (Å²) < 4.78 is 43.3. The van der Waals surface area contributed by atoms with Crippen LogP contribution in [0.25, 0.3) is 16.9 Å². The number of imidazole rings is 1. The maximum atomic E-state index is 13.5. The number of benzene rings is 3. The molecule has 0 unspecified atom stereocenters. The summed E-state index contributed by atoms with van der Waals surface area (Å²) in [6.07, 6.45) is -3.96. The van der Waals surface area contributed by atoms with Crippen molar-refractivity contribution in [2.75, 3.05) is 38.7 Å². The van der Waals surface area contributed by atoms with Gasteiger partial charge in [-0.05, 0) is 70.4 Å². The van der Waals surface area contributed by atoms with E-state index in [2.05, 4.69) is 41.2 Å². The number of urea groups is 1. The number of aromatic nitrogens is 6. The normalized spacial score (nSPS) is 13.1. The molecule has 1 atom stereocenters. The summed E-state index contributed by atoms with van der Waals surface area (Å²) in [4.78, 5) is 56.9. The second-order valence-corrected chi connectivity index (χ2v) is 12.8. The van der Waals surface area contributed by atoms with Crippen molar-refractivity contribution in [3.05, 3.63) is 106 Å². The molecule has 5 N–H and O–H groups in total. The number of anilines is 1. The number of hydrogen-bond donors (Lipinski definition) is 5. The smallest absolute Gasteiger partial charge is 0.475 e. The van der Waals surface area contributed by atoms with Gasteiger partial charge in [0.05, 0.1) is 32.1 Å². The number of nitrogens with one attached hydrogen (secondary N) is 4. The Kier molecular flexibility index (Phi) is 14.0. The van der Waals surface area contributed by atoms with Crippen molar-refractivity contribution >= 4 is 52.9 Å². The minimum atomic E-state index is -5.08. The predicted molar refractivity (Wildman–Crippen MR) is 198 cm³/mol. The molecule has 0 bridgehead atoms. The first-order valence-corrected chi connectivity index (χ1v) is 17.5. The van der Waals surface area contributed by atoms with Gasteiger partial charge in [-0.2, -0.15) is 13.2 Å². The van der Waals surface area contributed by atoms with Gasteiger partial charge in [0.1, 0.15) is 23.0 Å². The minimum Gasteiger partial charge on any atom is -0.475 e. The number of alkyl halides is 3. The second kappa shape index (κ2) is 19.1. The number of nitrogens with zero attached hydrogens (tertiary/aromatic N) is 6. The number of carbonyl (C=O) groups is 4. The van der Waals surface area contributed by atoms with E-state index in [0.717, 1.165) is 5.56 Å². The number of rotatable bonds is 10. The monoisotopic (exact) mass is 832 g/mol. The van der Waals surface area contributed by atoms with Gasteiger partial charge in [-0.15, -0.1) is 5.10 Å². The zero-order valence-electron chi connectivity index (χ0n) is 29.7. The number of H-pyrrole nitrogens is 1. The van der Waals surface area contributed by atoms with Crippen molar-refractivity contribution in [3.8, 4) is 16.9 Å². The van der Waals surface area contributed by atoms with Gasteiger partial charge < -0.3 is 35.1 Å². The van der Waals surface area contributed by atoms with Crippen molar-refractivity contribution in [1.29, 1.82) is 0 Å². The summed E-state index contributed by atoms with van der Waals surface area (Å²) >= 11 is 12.9. The highest BCUT2D eigenvalue weighted by Gasteiger charge is 2.38. The summed E-state index contributed by atoms with van der Waals surface area (Å²) in [6, 6.07) is 18.1. The van der Waals surface area contributed by atoms with Crippen LogP contribution in [0.2, 0.25) is 10.2 Å². The van der Waals surface area contributed by atoms with E-state index < -0.39 is 30.3 Å². The standard InChI is InChI=1S/C33H32Cl2N10O5.C2HF3O2/c1-49-33(48)38-25-8-5-21(6-9-25)28-29(35)41-30(40-28)26(16-20-3-2-4-22(15-20)31(46)44-11-13-50-14-12-44)39-32(47)36-18-23-17-24(34)7-10-27(23)45-19-37-42-43-45;3-2(4,5)1(6)7/h2-10,15,17,19,26H,11-14,16,18H2,1H3,(H,38,48)(H,40,41)(H2,36,39,47);(H,6,7)/t26-;/m0./s1. The molecule has 300 valence electrons. The molecule has 3 aromatic carbocycles.